The third kappa shape index (κ3) is 3.14. The molecule has 0 aliphatic carbocycles. The van der Waals surface area contributed by atoms with E-state index in [1.807, 2.05) is 0 Å². The second-order valence-corrected chi connectivity index (χ2v) is 6.87. The lowest BCUT2D eigenvalue weighted by Gasteiger charge is -2.37. The zero-order chi connectivity index (χ0) is 13.3. The molecule has 2 bridgehead atoms. The Morgan fingerprint density at radius 3 is 2.33 bits per heavy atom. The number of rotatable bonds is 4. The van der Waals surface area contributed by atoms with Gasteiger partial charge >= 0.3 is 6.09 Å². The maximum Gasteiger partial charge on any atom is 0.407 e. The van der Waals surface area contributed by atoms with Crippen LogP contribution in [0.2, 0.25) is 0 Å². The first-order chi connectivity index (χ1) is 8.37. The summed E-state index contributed by atoms with van der Waals surface area (Å²) in [7, 11) is -3.37. The minimum absolute atomic E-state index is 0.115. The van der Waals surface area contributed by atoms with Crippen LogP contribution in [0.3, 0.4) is 0 Å². The van der Waals surface area contributed by atoms with Crippen LogP contribution in [0.15, 0.2) is 0 Å². The van der Waals surface area contributed by atoms with E-state index in [9.17, 15) is 13.2 Å². The van der Waals surface area contributed by atoms with Gasteiger partial charge in [-0.25, -0.2) is 4.79 Å². The predicted molar refractivity (Wildman–Crippen MR) is 64.8 cm³/mol. The number of carboxylic acid groups (broad SMARTS) is 1. The monoisotopic (exact) mass is 277 g/mol. The van der Waals surface area contributed by atoms with Crippen LogP contribution in [0.1, 0.15) is 32.1 Å². The zero-order valence-corrected chi connectivity index (χ0v) is 11.2. The topological polar surface area (TPSA) is 83.9 Å². The number of amides is 1. The number of fused-ring (bicyclic) bond motifs is 2. The summed E-state index contributed by atoms with van der Waals surface area (Å²) in [6.45, 7) is 0.204. The van der Waals surface area contributed by atoms with Crippen molar-refractivity contribution in [2.75, 3.05) is 12.9 Å². The van der Waals surface area contributed by atoms with E-state index in [1.165, 1.54) is 0 Å². The SMILES string of the molecule is CS(=O)(=O)OCCC1C[C@H]2CC[C@@H](C1)N2C(=O)O. The van der Waals surface area contributed by atoms with E-state index < -0.39 is 16.2 Å². The van der Waals surface area contributed by atoms with Gasteiger partial charge in [-0.3, -0.25) is 4.18 Å². The van der Waals surface area contributed by atoms with Gasteiger partial charge in [-0.1, -0.05) is 0 Å². The molecule has 1 amide bonds. The summed E-state index contributed by atoms with van der Waals surface area (Å²) in [6.07, 6.45) is 4.43. The highest BCUT2D eigenvalue weighted by atomic mass is 32.2. The van der Waals surface area contributed by atoms with Crippen LogP contribution in [0.4, 0.5) is 4.79 Å². The fraction of sp³-hybridized carbons (Fsp3) is 0.909. The molecule has 1 N–H and O–H groups in total. The maximum atomic E-state index is 11.1. The first-order valence-corrected chi connectivity index (χ1v) is 8.04. The van der Waals surface area contributed by atoms with Gasteiger partial charge in [0.25, 0.3) is 10.1 Å². The Hall–Kier alpha value is -0.820. The van der Waals surface area contributed by atoms with Gasteiger partial charge < -0.3 is 10.0 Å². The quantitative estimate of drug-likeness (QED) is 0.782. The maximum absolute atomic E-state index is 11.1. The standard InChI is InChI=1S/C11H19NO5S/c1-18(15,16)17-5-4-8-6-9-2-3-10(7-8)12(9)11(13)14/h8-10H,2-7H2,1H3,(H,13,14)/t8?,9-,10+. The van der Waals surface area contributed by atoms with Crippen molar-refractivity contribution in [2.24, 2.45) is 5.92 Å². The minimum Gasteiger partial charge on any atom is -0.465 e. The summed E-state index contributed by atoms with van der Waals surface area (Å²) < 4.78 is 26.4. The second-order valence-electron chi connectivity index (χ2n) is 5.23. The molecule has 3 atom stereocenters. The Morgan fingerprint density at radius 1 is 1.33 bits per heavy atom. The highest BCUT2D eigenvalue weighted by Crippen LogP contribution is 2.39. The summed E-state index contributed by atoms with van der Waals surface area (Å²) in [5.41, 5.74) is 0. The lowest BCUT2D eigenvalue weighted by Crippen LogP contribution is -2.46. The van der Waals surface area contributed by atoms with E-state index >= 15 is 0 Å². The zero-order valence-electron chi connectivity index (χ0n) is 10.4. The van der Waals surface area contributed by atoms with E-state index in [2.05, 4.69) is 0 Å². The number of hydrogen-bond donors (Lipinski definition) is 1. The van der Waals surface area contributed by atoms with Crippen LogP contribution in [-0.2, 0) is 14.3 Å². The smallest absolute Gasteiger partial charge is 0.407 e. The molecule has 2 aliphatic heterocycles. The van der Waals surface area contributed by atoms with Crippen LogP contribution in [0.25, 0.3) is 0 Å². The normalized spacial score (nSPS) is 31.6. The van der Waals surface area contributed by atoms with Gasteiger partial charge in [0.2, 0.25) is 0 Å². The van der Waals surface area contributed by atoms with Crippen molar-refractivity contribution < 1.29 is 22.5 Å². The Kier molecular flexibility index (Phi) is 3.82. The highest BCUT2D eigenvalue weighted by molar-refractivity contribution is 7.85. The van der Waals surface area contributed by atoms with Gasteiger partial charge in [0, 0.05) is 12.1 Å². The molecule has 6 nitrogen and oxygen atoms in total. The molecule has 0 spiro atoms. The van der Waals surface area contributed by atoms with E-state index in [0.717, 1.165) is 31.9 Å². The van der Waals surface area contributed by atoms with Crippen molar-refractivity contribution in [3.8, 4) is 0 Å². The van der Waals surface area contributed by atoms with Crippen molar-refractivity contribution in [2.45, 2.75) is 44.2 Å². The van der Waals surface area contributed by atoms with Crippen molar-refractivity contribution in [3.63, 3.8) is 0 Å². The predicted octanol–water partition coefficient (Wildman–Crippen LogP) is 1.27. The van der Waals surface area contributed by atoms with Crippen molar-refractivity contribution >= 4 is 16.2 Å². The van der Waals surface area contributed by atoms with Crippen LogP contribution in [-0.4, -0.2) is 49.5 Å². The lowest BCUT2D eigenvalue weighted by molar-refractivity contribution is 0.0799. The van der Waals surface area contributed by atoms with E-state index in [-0.39, 0.29) is 18.7 Å². The summed E-state index contributed by atoms with van der Waals surface area (Å²) in [5, 5.41) is 9.11. The number of carbonyl (C=O) groups is 1. The average Bonchev–Trinajstić information content (AvgIpc) is 2.49. The van der Waals surface area contributed by atoms with Gasteiger partial charge in [0.15, 0.2) is 0 Å². The molecule has 2 saturated heterocycles. The molecule has 2 heterocycles. The first kappa shape index (κ1) is 13.6. The summed E-state index contributed by atoms with van der Waals surface area (Å²) in [6, 6.07) is 0.231. The molecule has 7 heteroatoms. The summed E-state index contributed by atoms with van der Waals surface area (Å²) in [5.74, 6) is 0.375. The number of piperidine rings is 1. The van der Waals surface area contributed by atoms with Gasteiger partial charge in [-0.05, 0) is 38.0 Å². The summed E-state index contributed by atoms with van der Waals surface area (Å²) in [4.78, 5) is 12.7. The van der Waals surface area contributed by atoms with Crippen LogP contribution in [0.5, 0.6) is 0 Å². The summed E-state index contributed by atoms with van der Waals surface area (Å²) >= 11 is 0. The van der Waals surface area contributed by atoms with Gasteiger partial charge in [0.05, 0.1) is 12.9 Å². The first-order valence-electron chi connectivity index (χ1n) is 6.22. The van der Waals surface area contributed by atoms with Gasteiger partial charge in [-0.2, -0.15) is 8.42 Å². The molecule has 104 valence electrons. The largest absolute Gasteiger partial charge is 0.465 e. The second kappa shape index (κ2) is 5.05. The van der Waals surface area contributed by atoms with Crippen LogP contribution < -0.4 is 0 Å². The molecule has 1 unspecified atom stereocenters. The Morgan fingerprint density at radius 2 is 1.89 bits per heavy atom. The molecule has 0 radical (unpaired) electrons. The van der Waals surface area contributed by atoms with E-state index in [0.29, 0.717) is 12.3 Å². The Labute approximate surface area is 107 Å². The van der Waals surface area contributed by atoms with Gasteiger partial charge in [0.1, 0.15) is 0 Å². The fourth-order valence-electron chi connectivity index (χ4n) is 3.20. The van der Waals surface area contributed by atoms with Crippen molar-refractivity contribution in [1.29, 1.82) is 0 Å². The molecular formula is C11H19NO5S. The lowest BCUT2D eigenvalue weighted by atomic mass is 9.89. The van der Waals surface area contributed by atoms with E-state index in [1.54, 1.807) is 4.90 Å². The number of nitrogens with zero attached hydrogens (tertiary/aromatic N) is 1. The third-order valence-corrected chi connectivity index (χ3v) is 4.47. The Balaban J connectivity index is 1.84. The van der Waals surface area contributed by atoms with Crippen LogP contribution >= 0.6 is 0 Å². The molecule has 18 heavy (non-hydrogen) atoms. The molecule has 0 aromatic heterocycles. The Bertz CT molecular complexity index is 407. The van der Waals surface area contributed by atoms with Crippen molar-refractivity contribution in [1.82, 2.24) is 4.90 Å². The fourth-order valence-corrected chi connectivity index (χ4v) is 3.60. The number of hydrogen-bond acceptors (Lipinski definition) is 4. The highest BCUT2D eigenvalue weighted by Gasteiger charge is 2.43. The minimum atomic E-state index is -3.37. The molecule has 2 fully saturated rings. The third-order valence-electron chi connectivity index (χ3n) is 3.88. The van der Waals surface area contributed by atoms with E-state index in [4.69, 9.17) is 9.29 Å². The molecular weight excluding hydrogens is 258 g/mol. The molecule has 0 aromatic rings. The average molecular weight is 277 g/mol. The van der Waals surface area contributed by atoms with Gasteiger partial charge in [-0.15, -0.1) is 0 Å². The van der Waals surface area contributed by atoms with Crippen molar-refractivity contribution in [3.05, 3.63) is 0 Å². The molecule has 2 aliphatic rings. The van der Waals surface area contributed by atoms with Crippen LogP contribution in [0, 0.1) is 5.92 Å². The molecule has 0 aromatic carbocycles. The molecule has 0 saturated carbocycles. The molecule has 2 rings (SSSR count).